The van der Waals surface area contributed by atoms with Crippen LogP contribution >= 0.6 is 36.6 Å². The first-order valence-corrected chi connectivity index (χ1v) is 8.72. The molecule has 0 saturated carbocycles. The van der Waals surface area contributed by atoms with Gasteiger partial charge in [-0.1, -0.05) is 13.8 Å². The summed E-state index contributed by atoms with van der Waals surface area (Å²) in [5.74, 6) is 2.97. The van der Waals surface area contributed by atoms with E-state index in [0.717, 1.165) is 43.7 Å². The van der Waals surface area contributed by atoms with E-state index in [-0.39, 0.29) is 30.9 Å². The van der Waals surface area contributed by atoms with E-state index in [1.165, 1.54) is 19.4 Å². The maximum atomic E-state index is 12.3. The molecule has 2 rings (SSSR count). The molecule has 0 aromatic heterocycles. The van der Waals surface area contributed by atoms with Gasteiger partial charge in [0.1, 0.15) is 0 Å². The minimum atomic E-state index is 0. The van der Waals surface area contributed by atoms with Crippen LogP contribution in [-0.2, 0) is 4.79 Å². The first-order valence-electron chi connectivity index (χ1n) is 7.56. The second-order valence-corrected chi connectivity index (χ2v) is 6.56. The van der Waals surface area contributed by atoms with Crippen molar-refractivity contribution in [3.8, 4) is 0 Å². The van der Waals surface area contributed by atoms with E-state index < -0.39 is 0 Å². The molecular formula is C14H29Cl2N3OS. The number of nitrogens with zero attached hydrogens (tertiary/aromatic N) is 2. The van der Waals surface area contributed by atoms with Crippen LogP contribution in [0, 0.1) is 5.92 Å². The fourth-order valence-corrected chi connectivity index (χ4v) is 3.89. The predicted molar refractivity (Wildman–Crippen MR) is 95.8 cm³/mol. The summed E-state index contributed by atoms with van der Waals surface area (Å²) in [5.41, 5.74) is 0. The molecular weight excluding hydrogens is 329 g/mol. The SMILES string of the molecule is CCN(CC)CC1CCN(C(=O)C2CSCN2)CC1.Cl.Cl. The molecule has 0 spiro atoms. The first kappa shape index (κ1) is 21.3. The lowest BCUT2D eigenvalue weighted by atomic mass is 9.95. The monoisotopic (exact) mass is 357 g/mol. The molecule has 21 heavy (non-hydrogen) atoms. The number of thioether (sulfide) groups is 1. The van der Waals surface area contributed by atoms with Crippen molar-refractivity contribution in [3.63, 3.8) is 0 Å². The summed E-state index contributed by atoms with van der Waals surface area (Å²) in [6, 6.07) is 0.0735. The van der Waals surface area contributed by atoms with Crippen molar-refractivity contribution in [2.75, 3.05) is 44.4 Å². The summed E-state index contributed by atoms with van der Waals surface area (Å²) < 4.78 is 0. The van der Waals surface area contributed by atoms with Crippen molar-refractivity contribution in [1.29, 1.82) is 0 Å². The molecule has 1 N–H and O–H groups in total. The van der Waals surface area contributed by atoms with E-state index >= 15 is 0 Å². The average molecular weight is 358 g/mol. The molecule has 126 valence electrons. The summed E-state index contributed by atoms with van der Waals surface area (Å²) in [6.45, 7) is 9.84. The van der Waals surface area contributed by atoms with Gasteiger partial charge in [0.2, 0.25) is 5.91 Å². The number of nitrogens with one attached hydrogen (secondary N) is 1. The molecule has 0 bridgehead atoms. The van der Waals surface area contributed by atoms with Gasteiger partial charge in [-0.05, 0) is 31.8 Å². The number of likely N-dealkylation sites (tertiary alicyclic amines) is 1. The fourth-order valence-electron chi connectivity index (χ4n) is 2.96. The molecule has 4 nitrogen and oxygen atoms in total. The summed E-state index contributed by atoms with van der Waals surface area (Å²) in [7, 11) is 0. The average Bonchev–Trinajstić information content (AvgIpc) is 2.99. The molecule has 7 heteroatoms. The second kappa shape index (κ2) is 10.9. The lowest BCUT2D eigenvalue weighted by Crippen LogP contribution is -2.48. The minimum absolute atomic E-state index is 0. The van der Waals surface area contributed by atoms with E-state index in [1.54, 1.807) is 0 Å². The number of hydrogen-bond acceptors (Lipinski definition) is 4. The normalized spacial score (nSPS) is 22.8. The van der Waals surface area contributed by atoms with Gasteiger partial charge in [-0.2, -0.15) is 0 Å². The molecule has 2 aliphatic rings. The quantitative estimate of drug-likeness (QED) is 0.816. The third-order valence-electron chi connectivity index (χ3n) is 4.35. The zero-order valence-corrected chi connectivity index (χ0v) is 15.5. The van der Waals surface area contributed by atoms with Crippen LogP contribution in [0.2, 0.25) is 0 Å². The van der Waals surface area contributed by atoms with Crippen LogP contribution in [0.15, 0.2) is 0 Å². The van der Waals surface area contributed by atoms with Gasteiger partial charge in [0.25, 0.3) is 0 Å². The molecule has 2 heterocycles. The van der Waals surface area contributed by atoms with Crippen LogP contribution in [-0.4, -0.2) is 66.1 Å². The van der Waals surface area contributed by atoms with E-state index in [9.17, 15) is 4.79 Å². The standard InChI is InChI=1S/C14H27N3OS.2ClH/c1-3-16(4-2)9-12-5-7-17(8-6-12)14(18)13-10-19-11-15-13;;/h12-13,15H,3-11H2,1-2H3;2*1H. The molecule has 0 aromatic rings. The van der Waals surface area contributed by atoms with Gasteiger partial charge in [0.15, 0.2) is 0 Å². The second-order valence-electron chi connectivity index (χ2n) is 5.53. The van der Waals surface area contributed by atoms with Crippen LogP contribution in [0.5, 0.6) is 0 Å². The maximum Gasteiger partial charge on any atom is 0.240 e. The Labute approximate surface area is 145 Å². The number of carbonyl (C=O) groups excluding carboxylic acids is 1. The van der Waals surface area contributed by atoms with Gasteiger partial charge in [-0.3, -0.25) is 10.1 Å². The molecule has 0 aliphatic carbocycles. The van der Waals surface area contributed by atoms with Gasteiger partial charge in [0, 0.05) is 31.3 Å². The van der Waals surface area contributed by atoms with Gasteiger partial charge >= 0.3 is 0 Å². The van der Waals surface area contributed by atoms with Crippen molar-refractivity contribution in [1.82, 2.24) is 15.1 Å². The molecule has 2 aliphatic heterocycles. The number of amides is 1. The third kappa shape index (κ3) is 6.14. The summed E-state index contributed by atoms with van der Waals surface area (Å²) in [4.78, 5) is 16.9. The van der Waals surface area contributed by atoms with E-state index in [1.807, 2.05) is 11.8 Å². The third-order valence-corrected chi connectivity index (χ3v) is 5.29. The molecule has 2 fully saturated rings. The lowest BCUT2D eigenvalue weighted by Gasteiger charge is -2.35. The molecule has 1 unspecified atom stereocenters. The molecule has 0 radical (unpaired) electrons. The zero-order chi connectivity index (χ0) is 13.7. The lowest BCUT2D eigenvalue weighted by molar-refractivity contribution is -0.134. The zero-order valence-electron chi connectivity index (χ0n) is 13.0. The van der Waals surface area contributed by atoms with Crippen molar-refractivity contribution in [2.24, 2.45) is 5.92 Å². The van der Waals surface area contributed by atoms with Crippen molar-refractivity contribution in [3.05, 3.63) is 0 Å². The largest absolute Gasteiger partial charge is 0.341 e. The van der Waals surface area contributed by atoms with Crippen LogP contribution < -0.4 is 5.32 Å². The van der Waals surface area contributed by atoms with Gasteiger partial charge in [-0.15, -0.1) is 36.6 Å². The summed E-state index contributed by atoms with van der Waals surface area (Å²) >= 11 is 1.82. The van der Waals surface area contributed by atoms with Crippen LogP contribution in [0.4, 0.5) is 0 Å². The maximum absolute atomic E-state index is 12.3. The van der Waals surface area contributed by atoms with Crippen molar-refractivity contribution < 1.29 is 4.79 Å². The smallest absolute Gasteiger partial charge is 0.240 e. The van der Waals surface area contributed by atoms with E-state index in [2.05, 4.69) is 29.0 Å². The topological polar surface area (TPSA) is 35.6 Å². The summed E-state index contributed by atoms with van der Waals surface area (Å²) in [5, 5.41) is 3.28. The summed E-state index contributed by atoms with van der Waals surface area (Å²) in [6.07, 6.45) is 2.34. The minimum Gasteiger partial charge on any atom is -0.341 e. The molecule has 2 saturated heterocycles. The Morgan fingerprint density at radius 3 is 2.33 bits per heavy atom. The van der Waals surface area contributed by atoms with E-state index in [0.29, 0.717) is 5.91 Å². The first-order chi connectivity index (χ1) is 9.24. The van der Waals surface area contributed by atoms with Gasteiger partial charge in [0.05, 0.1) is 6.04 Å². The highest BCUT2D eigenvalue weighted by Crippen LogP contribution is 2.20. The fraction of sp³-hybridized carbons (Fsp3) is 0.929. The predicted octanol–water partition coefficient (Wildman–Crippen LogP) is 2.07. The highest BCUT2D eigenvalue weighted by atomic mass is 35.5. The molecule has 1 atom stereocenters. The van der Waals surface area contributed by atoms with Crippen LogP contribution in [0.1, 0.15) is 26.7 Å². The Balaban J connectivity index is 0.00000200. The molecule has 0 aromatic carbocycles. The Kier molecular flexibility index (Phi) is 11.1. The number of piperidine rings is 1. The highest BCUT2D eigenvalue weighted by molar-refractivity contribution is 7.99. The van der Waals surface area contributed by atoms with Crippen molar-refractivity contribution in [2.45, 2.75) is 32.7 Å². The number of hydrogen-bond donors (Lipinski definition) is 1. The Bertz CT molecular complexity index is 292. The highest BCUT2D eigenvalue weighted by Gasteiger charge is 2.30. The van der Waals surface area contributed by atoms with Crippen LogP contribution in [0.3, 0.4) is 0 Å². The van der Waals surface area contributed by atoms with Gasteiger partial charge in [-0.25, -0.2) is 0 Å². The van der Waals surface area contributed by atoms with Gasteiger partial charge < -0.3 is 9.80 Å². The Morgan fingerprint density at radius 2 is 1.86 bits per heavy atom. The number of rotatable bonds is 5. The Hall–Kier alpha value is 0.320. The van der Waals surface area contributed by atoms with Crippen molar-refractivity contribution >= 4 is 42.5 Å². The molecule has 1 amide bonds. The van der Waals surface area contributed by atoms with E-state index in [4.69, 9.17) is 0 Å². The van der Waals surface area contributed by atoms with Crippen LogP contribution in [0.25, 0.3) is 0 Å². The number of carbonyl (C=O) groups is 1. The Morgan fingerprint density at radius 1 is 1.24 bits per heavy atom. The number of halogens is 2.